The summed E-state index contributed by atoms with van der Waals surface area (Å²) in [6.45, 7) is 3.87. The van der Waals surface area contributed by atoms with Crippen LogP contribution in [0.25, 0.3) is 0 Å². The molecule has 1 aliphatic heterocycles. The van der Waals surface area contributed by atoms with Crippen molar-refractivity contribution in [1.29, 1.82) is 0 Å². The van der Waals surface area contributed by atoms with E-state index in [0.717, 1.165) is 44.0 Å². The van der Waals surface area contributed by atoms with Gasteiger partial charge in [0.05, 0.1) is 6.61 Å². The molecule has 1 atom stereocenters. The van der Waals surface area contributed by atoms with Gasteiger partial charge in [0.2, 0.25) is 0 Å². The number of fused-ring (bicyclic) bond motifs is 1. The quantitative estimate of drug-likeness (QED) is 0.717. The number of unbranched alkanes of at least 4 members (excludes halogenated alkanes) is 1. The summed E-state index contributed by atoms with van der Waals surface area (Å²) in [6.07, 6.45) is 2.23. The highest BCUT2D eigenvalue weighted by Gasteiger charge is 2.19. The second-order valence-electron chi connectivity index (χ2n) is 5.95. The Labute approximate surface area is 143 Å². The van der Waals surface area contributed by atoms with Gasteiger partial charge in [-0.3, -0.25) is 0 Å². The van der Waals surface area contributed by atoms with E-state index in [0.29, 0.717) is 13.2 Å². The van der Waals surface area contributed by atoms with E-state index in [1.165, 1.54) is 5.56 Å². The number of rotatable bonds is 9. The van der Waals surface area contributed by atoms with Crippen LogP contribution >= 0.6 is 0 Å². The number of ether oxygens (including phenoxy) is 3. The third-order valence-corrected chi connectivity index (χ3v) is 3.94. The fourth-order valence-corrected chi connectivity index (χ4v) is 2.65. The van der Waals surface area contributed by atoms with E-state index in [2.05, 4.69) is 17.4 Å². The molecular weight excluding hydrogens is 302 g/mol. The number of hydrogen-bond donors (Lipinski definition) is 1. The van der Waals surface area contributed by atoms with Gasteiger partial charge in [-0.25, -0.2) is 0 Å². The molecule has 2 aromatic carbocycles. The molecule has 0 spiro atoms. The zero-order chi connectivity index (χ0) is 16.5. The monoisotopic (exact) mass is 327 g/mol. The molecule has 0 fully saturated rings. The highest BCUT2D eigenvalue weighted by Crippen LogP contribution is 2.30. The van der Waals surface area contributed by atoms with Crippen molar-refractivity contribution in [1.82, 2.24) is 5.32 Å². The van der Waals surface area contributed by atoms with E-state index in [-0.39, 0.29) is 6.10 Å². The summed E-state index contributed by atoms with van der Waals surface area (Å²) in [5.74, 6) is 1.68. The maximum absolute atomic E-state index is 5.91. The first kappa shape index (κ1) is 16.8. The van der Waals surface area contributed by atoms with Gasteiger partial charge in [-0.05, 0) is 37.1 Å². The third-order valence-electron chi connectivity index (χ3n) is 3.94. The lowest BCUT2D eigenvalue weighted by Gasteiger charge is -2.26. The van der Waals surface area contributed by atoms with Crippen LogP contribution in [0.4, 0.5) is 0 Å². The first-order valence-corrected chi connectivity index (χ1v) is 8.63. The summed E-state index contributed by atoms with van der Waals surface area (Å²) < 4.78 is 17.3. The second kappa shape index (κ2) is 9.30. The Balaban J connectivity index is 1.21. The number of hydrogen-bond acceptors (Lipinski definition) is 4. The molecule has 3 rings (SSSR count). The van der Waals surface area contributed by atoms with Crippen LogP contribution < -0.4 is 14.8 Å². The van der Waals surface area contributed by atoms with Gasteiger partial charge in [0.15, 0.2) is 11.5 Å². The Hall–Kier alpha value is -2.04. The summed E-state index contributed by atoms with van der Waals surface area (Å²) in [6, 6.07) is 18.1. The Morgan fingerprint density at radius 1 is 0.958 bits per heavy atom. The molecule has 0 aromatic heterocycles. The van der Waals surface area contributed by atoms with Gasteiger partial charge in [-0.2, -0.15) is 0 Å². The summed E-state index contributed by atoms with van der Waals surface area (Å²) in [7, 11) is 0. The molecule has 128 valence electrons. The lowest BCUT2D eigenvalue weighted by molar-refractivity contribution is 0.0898. The van der Waals surface area contributed by atoms with Gasteiger partial charge in [0.25, 0.3) is 0 Å². The molecule has 0 bridgehead atoms. The van der Waals surface area contributed by atoms with E-state index in [4.69, 9.17) is 14.2 Å². The summed E-state index contributed by atoms with van der Waals surface area (Å²) >= 11 is 0. The molecule has 0 amide bonds. The summed E-state index contributed by atoms with van der Waals surface area (Å²) in [5.41, 5.74) is 1.23. The molecule has 0 saturated heterocycles. The molecule has 4 nitrogen and oxygen atoms in total. The van der Waals surface area contributed by atoms with Crippen LogP contribution in [0.15, 0.2) is 54.6 Å². The molecule has 24 heavy (non-hydrogen) atoms. The highest BCUT2D eigenvalue weighted by atomic mass is 16.6. The van der Waals surface area contributed by atoms with Crippen molar-refractivity contribution >= 4 is 0 Å². The van der Waals surface area contributed by atoms with Crippen LogP contribution in [0.1, 0.15) is 18.4 Å². The van der Waals surface area contributed by atoms with Crippen LogP contribution in [-0.4, -0.2) is 32.4 Å². The van der Waals surface area contributed by atoms with Crippen molar-refractivity contribution in [2.24, 2.45) is 0 Å². The number of para-hydroxylation sites is 2. The van der Waals surface area contributed by atoms with Crippen molar-refractivity contribution in [3.63, 3.8) is 0 Å². The minimum atomic E-state index is 0.0780. The van der Waals surface area contributed by atoms with Crippen molar-refractivity contribution in [3.8, 4) is 11.5 Å². The van der Waals surface area contributed by atoms with Crippen molar-refractivity contribution in [3.05, 3.63) is 60.2 Å². The van der Waals surface area contributed by atoms with Gasteiger partial charge in [0.1, 0.15) is 12.7 Å². The van der Waals surface area contributed by atoms with Crippen molar-refractivity contribution in [2.75, 3.05) is 26.3 Å². The van der Waals surface area contributed by atoms with Gasteiger partial charge < -0.3 is 19.5 Å². The molecule has 0 radical (unpaired) electrons. The zero-order valence-electron chi connectivity index (χ0n) is 13.9. The Kier molecular flexibility index (Phi) is 6.51. The molecule has 0 saturated carbocycles. The normalized spacial score (nSPS) is 16.1. The average Bonchev–Trinajstić information content (AvgIpc) is 2.64. The van der Waals surface area contributed by atoms with Gasteiger partial charge in [0, 0.05) is 13.2 Å². The van der Waals surface area contributed by atoms with Gasteiger partial charge >= 0.3 is 0 Å². The van der Waals surface area contributed by atoms with E-state index in [9.17, 15) is 0 Å². The first-order chi connectivity index (χ1) is 11.9. The minimum Gasteiger partial charge on any atom is -0.486 e. The smallest absolute Gasteiger partial charge is 0.161 e. The molecule has 1 heterocycles. The highest BCUT2D eigenvalue weighted by molar-refractivity contribution is 5.40. The molecule has 0 aliphatic carbocycles. The van der Waals surface area contributed by atoms with E-state index >= 15 is 0 Å². The lowest BCUT2D eigenvalue weighted by Crippen LogP contribution is -2.38. The molecule has 0 unspecified atom stereocenters. The largest absolute Gasteiger partial charge is 0.486 e. The molecular formula is C20H25NO3. The maximum atomic E-state index is 5.91. The topological polar surface area (TPSA) is 39.7 Å². The van der Waals surface area contributed by atoms with Crippen LogP contribution in [0.3, 0.4) is 0 Å². The Bertz CT molecular complexity index is 603. The van der Waals surface area contributed by atoms with E-state index < -0.39 is 0 Å². The number of nitrogens with one attached hydrogen (secondary N) is 1. The average molecular weight is 327 g/mol. The Morgan fingerprint density at radius 3 is 2.62 bits per heavy atom. The predicted octanol–water partition coefficient (Wildman–Crippen LogP) is 3.41. The van der Waals surface area contributed by atoms with E-state index in [1.54, 1.807) is 0 Å². The van der Waals surface area contributed by atoms with E-state index in [1.807, 2.05) is 42.5 Å². The molecule has 2 aromatic rings. The number of benzene rings is 2. The van der Waals surface area contributed by atoms with Crippen LogP contribution in [0.5, 0.6) is 11.5 Å². The third kappa shape index (κ3) is 5.25. The molecule has 4 heteroatoms. The summed E-state index contributed by atoms with van der Waals surface area (Å²) in [5, 5.41) is 3.43. The Morgan fingerprint density at radius 2 is 1.75 bits per heavy atom. The molecule has 1 N–H and O–H groups in total. The zero-order valence-corrected chi connectivity index (χ0v) is 13.9. The first-order valence-electron chi connectivity index (χ1n) is 8.63. The van der Waals surface area contributed by atoms with Crippen LogP contribution in [0, 0.1) is 0 Å². The SMILES string of the molecule is c1ccc(COCCCCNC[C@@H]2COc3ccccc3O2)cc1. The predicted molar refractivity (Wildman–Crippen MR) is 94.6 cm³/mol. The van der Waals surface area contributed by atoms with Gasteiger partial charge in [-0.1, -0.05) is 42.5 Å². The second-order valence-corrected chi connectivity index (χ2v) is 5.95. The standard InChI is InChI=1S/C20H25NO3/c1-2-8-17(9-3-1)15-22-13-7-6-12-21-14-18-16-23-19-10-4-5-11-20(19)24-18/h1-5,8-11,18,21H,6-7,12-16H2/t18-/m1/s1. The fraction of sp³-hybridized carbons (Fsp3) is 0.400. The van der Waals surface area contributed by atoms with Crippen molar-refractivity contribution in [2.45, 2.75) is 25.6 Å². The van der Waals surface area contributed by atoms with Crippen molar-refractivity contribution < 1.29 is 14.2 Å². The van der Waals surface area contributed by atoms with Crippen LogP contribution in [0.2, 0.25) is 0 Å². The fourth-order valence-electron chi connectivity index (χ4n) is 2.65. The van der Waals surface area contributed by atoms with Crippen LogP contribution in [-0.2, 0) is 11.3 Å². The van der Waals surface area contributed by atoms with Gasteiger partial charge in [-0.15, -0.1) is 0 Å². The maximum Gasteiger partial charge on any atom is 0.161 e. The summed E-state index contributed by atoms with van der Waals surface area (Å²) in [4.78, 5) is 0. The minimum absolute atomic E-state index is 0.0780. The molecule has 1 aliphatic rings. The lowest BCUT2D eigenvalue weighted by atomic mass is 10.2.